The van der Waals surface area contributed by atoms with E-state index in [-0.39, 0.29) is 11.2 Å². The summed E-state index contributed by atoms with van der Waals surface area (Å²) >= 11 is 0. The van der Waals surface area contributed by atoms with E-state index in [0.717, 1.165) is 27.2 Å². The zero-order chi connectivity index (χ0) is 19.0. The summed E-state index contributed by atoms with van der Waals surface area (Å²) in [7, 11) is 0. The first-order chi connectivity index (χ1) is 13.6. The molecule has 4 aromatic carbocycles. The minimum atomic E-state index is -0.467. The van der Waals surface area contributed by atoms with Gasteiger partial charge in [0.2, 0.25) is 0 Å². The molecule has 0 spiro atoms. The fourth-order valence-corrected chi connectivity index (χ4v) is 4.24. The Kier molecular flexibility index (Phi) is 2.69. The van der Waals surface area contributed by atoms with Crippen molar-refractivity contribution in [2.24, 2.45) is 0 Å². The van der Waals surface area contributed by atoms with Gasteiger partial charge in [0, 0.05) is 28.3 Å². The SMILES string of the molecule is O=c1c2cc([N+](=O)[O-])cc3cccc(c32)c2nc3cccc4cccc(c43)n12. The van der Waals surface area contributed by atoms with E-state index < -0.39 is 4.92 Å². The van der Waals surface area contributed by atoms with E-state index in [1.54, 1.807) is 10.5 Å². The second-order valence-corrected chi connectivity index (χ2v) is 6.88. The van der Waals surface area contributed by atoms with Crippen LogP contribution in [0.2, 0.25) is 0 Å². The average Bonchev–Trinajstić information content (AvgIpc) is 2.71. The smallest absolute Gasteiger partial charge is 0.268 e. The Hall–Kier alpha value is -4.06. The Morgan fingerprint density at radius 2 is 1.61 bits per heavy atom. The quantitative estimate of drug-likeness (QED) is 0.184. The lowest BCUT2D eigenvalue weighted by Crippen LogP contribution is -2.16. The highest BCUT2D eigenvalue weighted by molar-refractivity contribution is 6.17. The van der Waals surface area contributed by atoms with E-state index >= 15 is 0 Å². The standard InChI is InChI=1S/C22H11N3O3/c26-22-16-11-14(25(27)28)10-13-6-1-7-15(19(13)16)21-23-17-8-2-4-12-5-3-9-18(20(12)17)24(21)22/h1-11H. The molecule has 0 saturated carbocycles. The van der Waals surface area contributed by atoms with E-state index in [4.69, 9.17) is 4.98 Å². The van der Waals surface area contributed by atoms with Crippen LogP contribution in [-0.2, 0) is 0 Å². The minimum absolute atomic E-state index is 0.0935. The number of hydrogen-bond acceptors (Lipinski definition) is 4. The number of nitro benzene ring substituents is 1. The van der Waals surface area contributed by atoms with E-state index in [1.165, 1.54) is 12.1 Å². The zero-order valence-electron chi connectivity index (χ0n) is 14.4. The number of benzene rings is 4. The third kappa shape index (κ3) is 1.76. The largest absolute Gasteiger partial charge is 0.270 e. The molecule has 2 heterocycles. The first-order valence-electron chi connectivity index (χ1n) is 8.80. The maximum Gasteiger partial charge on any atom is 0.270 e. The molecule has 0 saturated heterocycles. The fourth-order valence-electron chi connectivity index (χ4n) is 4.24. The average molecular weight is 365 g/mol. The van der Waals surface area contributed by atoms with Gasteiger partial charge in [0.15, 0.2) is 0 Å². The first kappa shape index (κ1) is 15.0. The van der Waals surface area contributed by atoms with Crippen molar-refractivity contribution in [1.29, 1.82) is 0 Å². The second kappa shape index (κ2) is 5.01. The summed E-state index contributed by atoms with van der Waals surface area (Å²) in [4.78, 5) is 29.2. The van der Waals surface area contributed by atoms with Crippen molar-refractivity contribution >= 4 is 54.7 Å². The number of non-ortho nitro benzene ring substituents is 1. The van der Waals surface area contributed by atoms with Gasteiger partial charge in [-0.15, -0.1) is 0 Å². The predicted octanol–water partition coefficient (Wildman–Crippen LogP) is 4.65. The van der Waals surface area contributed by atoms with Crippen LogP contribution in [0.15, 0.2) is 71.5 Å². The Morgan fingerprint density at radius 1 is 0.857 bits per heavy atom. The Labute approximate surface area is 156 Å². The number of fused-ring (bicyclic) bond motifs is 3. The highest BCUT2D eigenvalue weighted by Crippen LogP contribution is 2.33. The number of nitro groups is 1. The van der Waals surface area contributed by atoms with Crippen molar-refractivity contribution in [3.05, 3.63) is 87.2 Å². The Bertz CT molecular complexity index is 1660. The lowest BCUT2D eigenvalue weighted by molar-refractivity contribution is -0.384. The van der Waals surface area contributed by atoms with Crippen LogP contribution < -0.4 is 5.56 Å². The van der Waals surface area contributed by atoms with Crippen LogP contribution in [0.1, 0.15) is 0 Å². The van der Waals surface area contributed by atoms with Crippen LogP contribution in [0.3, 0.4) is 0 Å². The van der Waals surface area contributed by atoms with Crippen molar-refractivity contribution in [1.82, 2.24) is 9.38 Å². The van der Waals surface area contributed by atoms with Crippen LogP contribution in [-0.4, -0.2) is 14.3 Å². The lowest BCUT2D eigenvalue weighted by atomic mass is 10.0. The van der Waals surface area contributed by atoms with Gasteiger partial charge in [-0.05, 0) is 22.9 Å². The molecule has 6 rings (SSSR count). The number of pyridine rings is 1. The molecule has 0 fully saturated rings. The monoisotopic (exact) mass is 365 g/mol. The topological polar surface area (TPSA) is 77.5 Å². The molecule has 6 nitrogen and oxygen atoms in total. The number of nitrogens with zero attached hydrogens (tertiary/aromatic N) is 3. The van der Waals surface area contributed by atoms with Gasteiger partial charge in [-0.1, -0.05) is 42.5 Å². The molecule has 2 aromatic heterocycles. The van der Waals surface area contributed by atoms with Gasteiger partial charge in [-0.25, -0.2) is 4.98 Å². The highest BCUT2D eigenvalue weighted by atomic mass is 16.6. The minimum Gasteiger partial charge on any atom is -0.268 e. The van der Waals surface area contributed by atoms with Crippen molar-refractivity contribution < 1.29 is 4.92 Å². The molecule has 0 atom stereocenters. The predicted molar refractivity (Wildman–Crippen MR) is 109 cm³/mol. The Morgan fingerprint density at radius 3 is 2.43 bits per heavy atom. The molecule has 0 aliphatic rings. The summed E-state index contributed by atoms with van der Waals surface area (Å²) in [5.41, 5.74) is 1.73. The molecule has 0 N–H and O–H groups in total. The molecule has 132 valence electrons. The van der Waals surface area contributed by atoms with E-state index in [2.05, 4.69) is 0 Å². The number of aromatic nitrogens is 2. The first-order valence-corrected chi connectivity index (χ1v) is 8.80. The van der Waals surface area contributed by atoms with Crippen molar-refractivity contribution in [3.63, 3.8) is 0 Å². The van der Waals surface area contributed by atoms with Crippen molar-refractivity contribution in [2.45, 2.75) is 0 Å². The summed E-state index contributed by atoms with van der Waals surface area (Å²) in [6.07, 6.45) is 0. The van der Waals surface area contributed by atoms with Crippen LogP contribution in [0.4, 0.5) is 5.69 Å². The van der Waals surface area contributed by atoms with Crippen LogP contribution >= 0.6 is 0 Å². The van der Waals surface area contributed by atoms with Crippen LogP contribution in [0.25, 0.3) is 49.0 Å². The van der Waals surface area contributed by atoms with Gasteiger partial charge in [0.1, 0.15) is 5.65 Å². The molecule has 0 amide bonds. The lowest BCUT2D eigenvalue weighted by Gasteiger charge is -2.13. The van der Waals surface area contributed by atoms with Gasteiger partial charge < -0.3 is 0 Å². The molecule has 28 heavy (non-hydrogen) atoms. The highest BCUT2D eigenvalue weighted by Gasteiger charge is 2.19. The molecule has 6 aromatic rings. The van der Waals surface area contributed by atoms with E-state index in [9.17, 15) is 14.9 Å². The number of hydrogen-bond donors (Lipinski definition) is 0. The molecule has 0 bridgehead atoms. The third-order valence-corrected chi connectivity index (χ3v) is 5.39. The van der Waals surface area contributed by atoms with Crippen molar-refractivity contribution in [2.75, 3.05) is 0 Å². The van der Waals surface area contributed by atoms with Crippen LogP contribution in [0, 0.1) is 10.1 Å². The molecule has 0 aliphatic heterocycles. The normalized spacial score (nSPS) is 12.0. The second-order valence-electron chi connectivity index (χ2n) is 6.88. The summed E-state index contributed by atoms with van der Waals surface area (Å²) in [5, 5.41) is 15.8. The fraction of sp³-hybridized carbons (Fsp3) is 0. The number of rotatable bonds is 1. The van der Waals surface area contributed by atoms with Gasteiger partial charge in [-0.2, -0.15) is 0 Å². The maximum absolute atomic E-state index is 13.5. The summed E-state index contributed by atoms with van der Waals surface area (Å²) < 4.78 is 1.58. The zero-order valence-corrected chi connectivity index (χ0v) is 14.4. The van der Waals surface area contributed by atoms with Gasteiger partial charge in [0.05, 0.1) is 21.3 Å². The molecular formula is C22H11N3O3. The van der Waals surface area contributed by atoms with E-state index in [0.29, 0.717) is 21.8 Å². The third-order valence-electron chi connectivity index (χ3n) is 5.39. The maximum atomic E-state index is 13.5. The molecular weight excluding hydrogens is 354 g/mol. The summed E-state index contributed by atoms with van der Waals surface area (Å²) in [6.45, 7) is 0. The molecule has 0 unspecified atom stereocenters. The van der Waals surface area contributed by atoms with Crippen LogP contribution in [0.5, 0.6) is 0 Å². The van der Waals surface area contributed by atoms with Gasteiger partial charge in [-0.3, -0.25) is 19.3 Å². The Balaban J connectivity index is 2.01. The summed E-state index contributed by atoms with van der Waals surface area (Å²) in [5.74, 6) is 0. The molecule has 0 radical (unpaired) electrons. The van der Waals surface area contributed by atoms with Crippen molar-refractivity contribution in [3.8, 4) is 0 Å². The summed E-state index contributed by atoms with van der Waals surface area (Å²) in [6, 6.07) is 20.0. The van der Waals surface area contributed by atoms with Gasteiger partial charge in [0.25, 0.3) is 11.2 Å². The molecule has 0 aliphatic carbocycles. The van der Waals surface area contributed by atoms with Gasteiger partial charge >= 0.3 is 0 Å². The molecule has 6 heteroatoms. The van der Waals surface area contributed by atoms with E-state index in [1.807, 2.05) is 48.5 Å².